The highest BCUT2D eigenvalue weighted by atomic mass is 19.4. The minimum atomic E-state index is -4.47. The summed E-state index contributed by atoms with van der Waals surface area (Å²) in [5.41, 5.74) is 2.16. The first-order chi connectivity index (χ1) is 18.2. The Hall–Kier alpha value is -3.89. The largest absolute Gasteiger partial charge is 0.472 e. The Labute approximate surface area is 219 Å². The van der Waals surface area contributed by atoms with Crippen LogP contribution in [0.5, 0.6) is 5.88 Å². The van der Waals surface area contributed by atoms with E-state index in [1.807, 2.05) is 6.20 Å². The molecule has 0 bridgehead atoms. The third-order valence-corrected chi connectivity index (χ3v) is 7.17. The van der Waals surface area contributed by atoms with Crippen molar-refractivity contribution in [2.75, 3.05) is 36.4 Å². The molecule has 0 aliphatic carbocycles. The number of ether oxygens (including phenoxy) is 1. The van der Waals surface area contributed by atoms with Crippen LogP contribution < -0.4 is 15.0 Å². The highest BCUT2D eigenvalue weighted by Crippen LogP contribution is 2.42. The summed E-state index contributed by atoms with van der Waals surface area (Å²) in [6.07, 6.45) is 0.955. The van der Waals surface area contributed by atoms with Crippen molar-refractivity contribution in [3.63, 3.8) is 0 Å². The molecule has 11 heteroatoms. The van der Waals surface area contributed by atoms with Crippen molar-refractivity contribution in [3.05, 3.63) is 77.9 Å². The summed E-state index contributed by atoms with van der Waals surface area (Å²) in [4.78, 5) is 12.8. The molecule has 38 heavy (non-hydrogen) atoms. The number of hydrogen-bond donors (Lipinski definition) is 1. The lowest BCUT2D eigenvalue weighted by Crippen LogP contribution is -2.60. The molecule has 0 radical (unpaired) electrons. The predicted octanol–water partition coefficient (Wildman–Crippen LogP) is 4.91. The molecule has 2 fully saturated rings. The van der Waals surface area contributed by atoms with Gasteiger partial charge in [-0.3, -0.25) is 4.98 Å². The second-order valence-corrected chi connectivity index (χ2v) is 10.1. The molecule has 0 amide bonds. The van der Waals surface area contributed by atoms with Crippen LogP contribution in [0.4, 0.5) is 24.8 Å². The van der Waals surface area contributed by atoms with E-state index in [4.69, 9.17) is 4.74 Å². The van der Waals surface area contributed by atoms with Gasteiger partial charge in [-0.1, -0.05) is 18.7 Å². The zero-order valence-electron chi connectivity index (χ0n) is 21.2. The van der Waals surface area contributed by atoms with Crippen molar-refractivity contribution in [1.82, 2.24) is 25.1 Å². The maximum Gasteiger partial charge on any atom is 0.433 e. The van der Waals surface area contributed by atoms with Crippen LogP contribution in [0.3, 0.4) is 0 Å². The smallest absolute Gasteiger partial charge is 0.433 e. The number of likely N-dealkylation sites (tertiary alicyclic amines) is 1. The SMILES string of the molecule is C=C(C)N1CCC2(CC1)CN(c1ccc(CNc3ccc(OCc4ccc(C(F)(F)F)nc4)nn3)cn1)C2. The van der Waals surface area contributed by atoms with Crippen LogP contribution in [0.15, 0.2) is 61.1 Å². The number of rotatable bonds is 8. The lowest BCUT2D eigenvalue weighted by atomic mass is 9.72. The molecule has 0 atom stereocenters. The van der Waals surface area contributed by atoms with Crippen LogP contribution in [-0.2, 0) is 19.3 Å². The first-order valence-corrected chi connectivity index (χ1v) is 12.5. The second-order valence-electron chi connectivity index (χ2n) is 10.1. The quantitative estimate of drug-likeness (QED) is 0.445. The fraction of sp³-hybridized carbons (Fsp3) is 0.407. The average molecular weight is 526 g/mol. The van der Waals surface area contributed by atoms with Crippen LogP contribution in [0.2, 0.25) is 0 Å². The number of alkyl halides is 3. The van der Waals surface area contributed by atoms with E-state index < -0.39 is 11.9 Å². The molecule has 5 heterocycles. The molecule has 1 spiro atoms. The van der Waals surface area contributed by atoms with Crippen LogP contribution in [0.25, 0.3) is 0 Å². The molecule has 0 aromatic carbocycles. The molecule has 3 aromatic heterocycles. The van der Waals surface area contributed by atoms with E-state index in [0.717, 1.165) is 55.5 Å². The summed E-state index contributed by atoms with van der Waals surface area (Å²) in [5, 5.41) is 11.3. The Bertz CT molecular complexity index is 1230. The lowest BCUT2D eigenvalue weighted by molar-refractivity contribution is -0.141. The van der Waals surface area contributed by atoms with E-state index in [1.54, 1.807) is 12.1 Å². The van der Waals surface area contributed by atoms with Gasteiger partial charge in [-0.15, -0.1) is 10.2 Å². The number of allylic oxidation sites excluding steroid dienone is 1. The van der Waals surface area contributed by atoms with E-state index in [0.29, 0.717) is 23.3 Å². The molecule has 200 valence electrons. The molecule has 2 aliphatic rings. The Kier molecular flexibility index (Phi) is 7.09. The van der Waals surface area contributed by atoms with Crippen LogP contribution in [-0.4, -0.2) is 51.2 Å². The number of halogens is 3. The number of pyridine rings is 2. The molecule has 2 saturated heterocycles. The number of aromatic nitrogens is 4. The van der Waals surface area contributed by atoms with Crippen molar-refractivity contribution in [2.24, 2.45) is 5.41 Å². The summed E-state index contributed by atoms with van der Waals surface area (Å²) in [5.74, 6) is 1.84. The standard InChI is InChI=1S/C27H30F3N7O/c1-19(2)36-11-9-26(10-12-36)17-37(18-26)24-7-4-20(14-33-24)13-32-23-6-8-25(35-34-23)38-16-21-3-5-22(31-15-21)27(28,29)30/h3-8,14-15H,1,9-13,16-18H2,2H3,(H,32,34). The zero-order valence-corrected chi connectivity index (χ0v) is 21.2. The summed E-state index contributed by atoms with van der Waals surface area (Å²) in [6, 6.07) is 9.75. The second kappa shape index (κ2) is 10.5. The minimum Gasteiger partial charge on any atom is -0.472 e. The Morgan fingerprint density at radius 1 is 1.00 bits per heavy atom. The van der Waals surface area contributed by atoms with Gasteiger partial charge in [0.1, 0.15) is 23.9 Å². The fourth-order valence-electron chi connectivity index (χ4n) is 4.83. The Balaban J connectivity index is 1.05. The number of piperidine rings is 1. The van der Waals surface area contributed by atoms with Gasteiger partial charge < -0.3 is 19.9 Å². The van der Waals surface area contributed by atoms with Gasteiger partial charge in [-0.25, -0.2) is 4.98 Å². The van der Waals surface area contributed by atoms with E-state index in [9.17, 15) is 13.2 Å². The van der Waals surface area contributed by atoms with Crippen molar-refractivity contribution in [3.8, 4) is 5.88 Å². The number of hydrogen-bond acceptors (Lipinski definition) is 8. The summed E-state index contributed by atoms with van der Waals surface area (Å²) in [6.45, 7) is 11.0. The van der Waals surface area contributed by atoms with Crippen LogP contribution >= 0.6 is 0 Å². The van der Waals surface area contributed by atoms with E-state index in [-0.39, 0.29) is 12.5 Å². The third-order valence-electron chi connectivity index (χ3n) is 7.17. The summed E-state index contributed by atoms with van der Waals surface area (Å²) in [7, 11) is 0. The van der Waals surface area contributed by atoms with E-state index >= 15 is 0 Å². The highest BCUT2D eigenvalue weighted by Gasteiger charge is 2.45. The summed E-state index contributed by atoms with van der Waals surface area (Å²) >= 11 is 0. The van der Waals surface area contributed by atoms with Gasteiger partial charge in [0.25, 0.3) is 0 Å². The molecule has 3 aromatic rings. The number of anilines is 2. The number of nitrogens with zero attached hydrogens (tertiary/aromatic N) is 6. The van der Waals surface area contributed by atoms with Crippen LogP contribution in [0, 0.1) is 5.41 Å². The van der Waals surface area contributed by atoms with Gasteiger partial charge in [0.05, 0.1) is 0 Å². The Morgan fingerprint density at radius 3 is 2.32 bits per heavy atom. The van der Waals surface area contributed by atoms with E-state index in [2.05, 4.69) is 60.9 Å². The molecule has 0 saturated carbocycles. The lowest BCUT2D eigenvalue weighted by Gasteiger charge is -2.54. The van der Waals surface area contributed by atoms with Gasteiger partial charge in [0.15, 0.2) is 0 Å². The summed E-state index contributed by atoms with van der Waals surface area (Å²) < 4.78 is 43.3. The van der Waals surface area contributed by atoms with Gasteiger partial charge in [0.2, 0.25) is 5.88 Å². The molecular weight excluding hydrogens is 495 g/mol. The van der Waals surface area contributed by atoms with Gasteiger partial charge in [0, 0.05) is 67.9 Å². The maximum absolute atomic E-state index is 12.6. The molecule has 2 aliphatic heterocycles. The minimum absolute atomic E-state index is 0.0374. The molecule has 8 nitrogen and oxygen atoms in total. The van der Waals surface area contributed by atoms with E-state index in [1.165, 1.54) is 18.9 Å². The molecular formula is C27H30F3N7O. The average Bonchev–Trinajstić information content (AvgIpc) is 2.90. The van der Waals surface area contributed by atoms with Crippen molar-refractivity contribution in [1.29, 1.82) is 0 Å². The van der Waals surface area contributed by atoms with Crippen molar-refractivity contribution in [2.45, 2.75) is 39.1 Å². The van der Waals surface area contributed by atoms with Crippen molar-refractivity contribution >= 4 is 11.6 Å². The first-order valence-electron chi connectivity index (χ1n) is 12.5. The van der Waals surface area contributed by atoms with Crippen LogP contribution in [0.1, 0.15) is 36.6 Å². The third kappa shape index (κ3) is 5.98. The monoisotopic (exact) mass is 525 g/mol. The first kappa shape index (κ1) is 25.7. The molecule has 1 N–H and O–H groups in total. The zero-order chi connectivity index (χ0) is 26.8. The number of nitrogens with one attached hydrogen (secondary N) is 1. The van der Waals surface area contributed by atoms with Gasteiger partial charge >= 0.3 is 6.18 Å². The molecule has 5 rings (SSSR count). The fourth-order valence-corrected chi connectivity index (χ4v) is 4.83. The van der Waals surface area contributed by atoms with Gasteiger partial charge in [-0.2, -0.15) is 13.2 Å². The topological polar surface area (TPSA) is 79.3 Å². The van der Waals surface area contributed by atoms with Gasteiger partial charge in [-0.05, 0) is 43.5 Å². The predicted molar refractivity (Wildman–Crippen MR) is 137 cm³/mol. The highest BCUT2D eigenvalue weighted by molar-refractivity contribution is 5.44. The Morgan fingerprint density at radius 2 is 1.74 bits per heavy atom. The molecule has 0 unspecified atom stereocenters. The maximum atomic E-state index is 12.6. The van der Waals surface area contributed by atoms with Crippen molar-refractivity contribution < 1.29 is 17.9 Å². The normalized spacial score (nSPS) is 16.7.